The predicted molar refractivity (Wildman–Crippen MR) is 47.9 cm³/mol. The van der Waals surface area contributed by atoms with Gasteiger partial charge in [0, 0.05) is 0 Å². The second-order valence-corrected chi connectivity index (χ2v) is 2.79. The molecular formula is C10H13FO2. The molecule has 0 bridgehead atoms. The van der Waals surface area contributed by atoms with Crippen LogP contribution in [0.25, 0.3) is 0 Å². The van der Waals surface area contributed by atoms with Gasteiger partial charge >= 0.3 is 0 Å². The molecule has 0 saturated heterocycles. The molecule has 72 valence electrons. The summed E-state index contributed by atoms with van der Waals surface area (Å²) in [4.78, 5) is 0. The molecule has 0 aliphatic heterocycles. The Balaban J connectivity index is 2.60. The summed E-state index contributed by atoms with van der Waals surface area (Å²) in [6, 6.07) is 6.26. The van der Waals surface area contributed by atoms with E-state index >= 15 is 0 Å². The maximum Gasteiger partial charge on any atom is 0.123 e. The first-order valence-electron chi connectivity index (χ1n) is 4.22. The lowest BCUT2D eigenvalue weighted by molar-refractivity contribution is 0.0383. The second kappa shape index (κ2) is 4.94. The number of hydrogen-bond donors (Lipinski definition) is 1. The molecule has 0 spiro atoms. The van der Waals surface area contributed by atoms with E-state index in [2.05, 4.69) is 0 Å². The van der Waals surface area contributed by atoms with Crippen LogP contribution in [0.1, 0.15) is 18.6 Å². The van der Waals surface area contributed by atoms with Crippen LogP contribution in [0, 0.1) is 5.82 Å². The van der Waals surface area contributed by atoms with Gasteiger partial charge in [0.1, 0.15) is 5.82 Å². The minimum atomic E-state index is -0.267. The van der Waals surface area contributed by atoms with Gasteiger partial charge in [-0.25, -0.2) is 4.39 Å². The molecule has 1 unspecified atom stereocenters. The molecule has 1 N–H and O–H groups in total. The van der Waals surface area contributed by atoms with Crippen molar-refractivity contribution in [3.8, 4) is 0 Å². The smallest absolute Gasteiger partial charge is 0.123 e. The Morgan fingerprint density at radius 2 is 2.31 bits per heavy atom. The molecule has 0 heterocycles. The molecule has 1 aromatic rings. The van der Waals surface area contributed by atoms with Crippen LogP contribution in [0.3, 0.4) is 0 Å². The number of aliphatic hydroxyl groups excluding tert-OH is 1. The largest absolute Gasteiger partial charge is 0.394 e. The van der Waals surface area contributed by atoms with E-state index in [4.69, 9.17) is 9.84 Å². The summed E-state index contributed by atoms with van der Waals surface area (Å²) >= 11 is 0. The molecular weight excluding hydrogens is 171 g/mol. The molecule has 2 nitrogen and oxygen atoms in total. The first-order valence-corrected chi connectivity index (χ1v) is 4.22. The molecule has 0 aliphatic carbocycles. The highest BCUT2D eigenvalue weighted by molar-refractivity contribution is 5.18. The van der Waals surface area contributed by atoms with Crippen LogP contribution in [-0.4, -0.2) is 18.3 Å². The normalized spacial score (nSPS) is 12.8. The van der Waals surface area contributed by atoms with Gasteiger partial charge in [-0.1, -0.05) is 12.1 Å². The van der Waals surface area contributed by atoms with Crippen LogP contribution in [0.4, 0.5) is 4.39 Å². The van der Waals surface area contributed by atoms with Gasteiger partial charge in [-0.2, -0.15) is 0 Å². The molecule has 1 aromatic carbocycles. The molecule has 0 fully saturated rings. The van der Waals surface area contributed by atoms with Gasteiger partial charge in [0.25, 0.3) is 0 Å². The maximum absolute atomic E-state index is 12.7. The third kappa shape index (κ3) is 3.13. The van der Waals surface area contributed by atoms with Gasteiger partial charge in [-0.05, 0) is 24.6 Å². The summed E-state index contributed by atoms with van der Waals surface area (Å²) in [5, 5.41) is 8.52. The van der Waals surface area contributed by atoms with Crippen molar-refractivity contribution in [3.05, 3.63) is 35.6 Å². The fourth-order valence-electron chi connectivity index (χ4n) is 1.09. The molecule has 0 amide bonds. The first kappa shape index (κ1) is 10.2. The van der Waals surface area contributed by atoms with Crippen LogP contribution < -0.4 is 0 Å². The lowest BCUT2D eigenvalue weighted by atomic mass is 10.1. The number of hydrogen-bond acceptors (Lipinski definition) is 2. The van der Waals surface area contributed by atoms with E-state index in [-0.39, 0.29) is 25.1 Å². The van der Waals surface area contributed by atoms with Crippen molar-refractivity contribution >= 4 is 0 Å². The Kier molecular flexibility index (Phi) is 3.86. The molecule has 3 heteroatoms. The van der Waals surface area contributed by atoms with Crippen LogP contribution in [-0.2, 0) is 4.74 Å². The molecule has 13 heavy (non-hydrogen) atoms. The van der Waals surface area contributed by atoms with Gasteiger partial charge in [0.15, 0.2) is 0 Å². The van der Waals surface area contributed by atoms with Crippen molar-refractivity contribution in [1.29, 1.82) is 0 Å². The highest BCUT2D eigenvalue weighted by atomic mass is 19.1. The number of rotatable bonds is 4. The average molecular weight is 184 g/mol. The van der Waals surface area contributed by atoms with E-state index in [9.17, 15) is 4.39 Å². The fraction of sp³-hybridized carbons (Fsp3) is 0.400. The summed E-state index contributed by atoms with van der Waals surface area (Å²) in [6.45, 7) is 2.09. The van der Waals surface area contributed by atoms with Crippen LogP contribution in [0.15, 0.2) is 24.3 Å². The Bertz CT molecular complexity index is 263. The highest BCUT2D eigenvalue weighted by Gasteiger charge is 2.05. The summed E-state index contributed by atoms with van der Waals surface area (Å²) in [6.07, 6.45) is -0.178. The zero-order valence-electron chi connectivity index (χ0n) is 7.53. The van der Waals surface area contributed by atoms with Crippen molar-refractivity contribution in [1.82, 2.24) is 0 Å². The minimum absolute atomic E-state index is 0.0142. The highest BCUT2D eigenvalue weighted by Crippen LogP contribution is 2.16. The van der Waals surface area contributed by atoms with E-state index in [1.165, 1.54) is 12.1 Å². The molecule has 0 radical (unpaired) electrons. The fourth-order valence-corrected chi connectivity index (χ4v) is 1.09. The van der Waals surface area contributed by atoms with Gasteiger partial charge in [-0.15, -0.1) is 0 Å². The third-order valence-corrected chi connectivity index (χ3v) is 1.78. The molecule has 0 saturated carbocycles. The first-order chi connectivity index (χ1) is 6.24. The van der Waals surface area contributed by atoms with Crippen molar-refractivity contribution in [3.63, 3.8) is 0 Å². The van der Waals surface area contributed by atoms with Gasteiger partial charge in [0.2, 0.25) is 0 Å². The standard InChI is InChI=1S/C10H13FO2/c1-8(13-6-5-12)9-3-2-4-10(11)7-9/h2-4,7-8,12H,5-6H2,1H3. The predicted octanol–water partition coefficient (Wildman–Crippen LogP) is 1.90. The Labute approximate surface area is 77.0 Å². The second-order valence-electron chi connectivity index (χ2n) is 2.79. The molecule has 1 atom stereocenters. The number of benzene rings is 1. The van der Waals surface area contributed by atoms with Crippen molar-refractivity contribution in [2.45, 2.75) is 13.0 Å². The Morgan fingerprint density at radius 3 is 2.92 bits per heavy atom. The van der Waals surface area contributed by atoms with Crippen LogP contribution in [0.2, 0.25) is 0 Å². The molecule has 1 rings (SSSR count). The maximum atomic E-state index is 12.7. The van der Waals surface area contributed by atoms with Crippen molar-refractivity contribution in [2.75, 3.05) is 13.2 Å². The van der Waals surface area contributed by atoms with Crippen LogP contribution >= 0.6 is 0 Å². The minimum Gasteiger partial charge on any atom is -0.394 e. The van der Waals surface area contributed by atoms with E-state index in [0.29, 0.717) is 0 Å². The van der Waals surface area contributed by atoms with E-state index in [1.54, 1.807) is 12.1 Å². The van der Waals surface area contributed by atoms with Gasteiger partial charge in [-0.3, -0.25) is 0 Å². The number of aliphatic hydroxyl groups is 1. The topological polar surface area (TPSA) is 29.5 Å². The monoisotopic (exact) mass is 184 g/mol. The third-order valence-electron chi connectivity index (χ3n) is 1.78. The summed E-state index contributed by atoms with van der Waals surface area (Å²) in [5.74, 6) is -0.267. The van der Waals surface area contributed by atoms with E-state index in [1.807, 2.05) is 6.92 Å². The Morgan fingerprint density at radius 1 is 1.54 bits per heavy atom. The Hall–Kier alpha value is -0.930. The lowest BCUT2D eigenvalue weighted by Crippen LogP contribution is -2.04. The van der Waals surface area contributed by atoms with Crippen LogP contribution in [0.5, 0.6) is 0 Å². The average Bonchev–Trinajstić information content (AvgIpc) is 2.14. The lowest BCUT2D eigenvalue weighted by Gasteiger charge is -2.12. The summed E-state index contributed by atoms with van der Waals surface area (Å²) in [7, 11) is 0. The number of halogens is 1. The van der Waals surface area contributed by atoms with Crippen molar-refractivity contribution < 1.29 is 14.2 Å². The van der Waals surface area contributed by atoms with Crippen molar-refractivity contribution in [2.24, 2.45) is 0 Å². The SMILES string of the molecule is CC(OCCO)c1cccc(F)c1. The summed E-state index contributed by atoms with van der Waals surface area (Å²) in [5.41, 5.74) is 0.786. The van der Waals surface area contributed by atoms with E-state index < -0.39 is 0 Å². The zero-order chi connectivity index (χ0) is 9.68. The molecule has 0 aliphatic rings. The van der Waals surface area contributed by atoms with Gasteiger partial charge in [0.05, 0.1) is 19.3 Å². The molecule has 0 aromatic heterocycles. The van der Waals surface area contributed by atoms with E-state index in [0.717, 1.165) is 5.56 Å². The number of ether oxygens (including phenoxy) is 1. The summed E-state index contributed by atoms with van der Waals surface area (Å²) < 4.78 is 18.0. The van der Waals surface area contributed by atoms with Gasteiger partial charge < -0.3 is 9.84 Å². The zero-order valence-corrected chi connectivity index (χ0v) is 7.53. The quantitative estimate of drug-likeness (QED) is 0.774.